The number of sulfonamides is 1. The highest BCUT2D eigenvalue weighted by atomic mass is 32.2. The fourth-order valence-corrected chi connectivity index (χ4v) is 5.62. The van der Waals surface area contributed by atoms with Crippen LogP contribution in [0.3, 0.4) is 0 Å². The average Bonchev–Trinajstić information content (AvgIpc) is 2.94. The fraction of sp³-hybridized carbons (Fsp3) is 0.412. The molecule has 0 bridgehead atoms. The molecule has 0 fully saturated rings. The third kappa shape index (κ3) is 9.18. The normalized spacial score (nSPS) is 12.4. The Bertz CT molecular complexity index is 1430. The van der Waals surface area contributed by atoms with Crippen molar-refractivity contribution >= 4 is 27.5 Å². The van der Waals surface area contributed by atoms with E-state index in [-0.39, 0.29) is 17.9 Å². The molecule has 0 aliphatic rings. The minimum atomic E-state index is -3.81. The molecule has 2 amide bonds. The van der Waals surface area contributed by atoms with Crippen LogP contribution in [0.5, 0.6) is 0 Å². The van der Waals surface area contributed by atoms with E-state index in [9.17, 15) is 18.0 Å². The lowest BCUT2D eigenvalue weighted by atomic mass is 9.87. The molecule has 0 aliphatic heterocycles. The molecule has 0 saturated heterocycles. The molecule has 3 aromatic carbocycles. The Hall–Kier alpha value is -3.65. The summed E-state index contributed by atoms with van der Waals surface area (Å²) in [7, 11) is -3.81. The van der Waals surface area contributed by atoms with Crippen LogP contribution in [-0.2, 0) is 38.0 Å². The average molecular weight is 592 g/mol. The highest BCUT2D eigenvalue weighted by Gasteiger charge is 2.33. The summed E-state index contributed by atoms with van der Waals surface area (Å²) in [5.74, 6) is -0.704. The summed E-state index contributed by atoms with van der Waals surface area (Å²) in [6.07, 6.45) is 3.15. The van der Waals surface area contributed by atoms with Crippen molar-refractivity contribution in [1.29, 1.82) is 0 Å². The topological polar surface area (TPSA) is 86.8 Å². The molecule has 0 radical (unpaired) electrons. The van der Waals surface area contributed by atoms with Gasteiger partial charge in [0.1, 0.15) is 12.6 Å². The van der Waals surface area contributed by atoms with E-state index in [1.54, 1.807) is 12.1 Å². The van der Waals surface area contributed by atoms with E-state index in [4.69, 9.17) is 0 Å². The predicted molar refractivity (Wildman–Crippen MR) is 171 cm³/mol. The van der Waals surface area contributed by atoms with Gasteiger partial charge in [-0.05, 0) is 53.1 Å². The number of amides is 2. The number of aryl methyl sites for hydroxylation is 1. The smallest absolute Gasteiger partial charge is 0.244 e. The van der Waals surface area contributed by atoms with E-state index in [1.165, 1.54) is 4.90 Å². The number of nitrogens with zero attached hydrogens (tertiary/aromatic N) is 2. The van der Waals surface area contributed by atoms with Gasteiger partial charge in [0.05, 0.1) is 11.9 Å². The van der Waals surface area contributed by atoms with Gasteiger partial charge in [0, 0.05) is 19.5 Å². The van der Waals surface area contributed by atoms with Crippen LogP contribution in [0, 0.1) is 6.92 Å². The Labute approximate surface area is 252 Å². The summed E-state index contributed by atoms with van der Waals surface area (Å²) < 4.78 is 27.2. The van der Waals surface area contributed by atoms with E-state index in [2.05, 4.69) is 33.0 Å². The van der Waals surface area contributed by atoms with Gasteiger partial charge >= 0.3 is 0 Å². The van der Waals surface area contributed by atoms with Crippen molar-refractivity contribution in [3.8, 4) is 0 Å². The molecular formula is C34H45N3O4S. The number of rotatable bonds is 13. The Morgan fingerprint density at radius 1 is 0.905 bits per heavy atom. The van der Waals surface area contributed by atoms with E-state index in [1.807, 2.05) is 73.7 Å². The number of carbonyl (C=O) groups is 2. The van der Waals surface area contributed by atoms with Gasteiger partial charge in [-0.25, -0.2) is 8.42 Å². The maximum atomic E-state index is 14.2. The quantitative estimate of drug-likeness (QED) is 0.262. The third-order valence-electron chi connectivity index (χ3n) is 7.40. The van der Waals surface area contributed by atoms with Crippen molar-refractivity contribution in [3.63, 3.8) is 0 Å². The van der Waals surface area contributed by atoms with Crippen molar-refractivity contribution in [2.24, 2.45) is 0 Å². The van der Waals surface area contributed by atoms with Gasteiger partial charge in [-0.1, -0.05) is 101 Å². The first-order valence-electron chi connectivity index (χ1n) is 14.5. The Morgan fingerprint density at radius 2 is 1.52 bits per heavy atom. The van der Waals surface area contributed by atoms with Gasteiger partial charge in [-0.15, -0.1) is 0 Å². The van der Waals surface area contributed by atoms with Crippen molar-refractivity contribution in [2.75, 3.05) is 23.7 Å². The molecule has 0 saturated carbocycles. The summed E-state index contributed by atoms with van der Waals surface area (Å²) in [6, 6.07) is 23.7. The summed E-state index contributed by atoms with van der Waals surface area (Å²) in [5, 5.41) is 3.01. The number of benzene rings is 3. The molecular weight excluding hydrogens is 546 g/mol. The van der Waals surface area contributed by atoms with Crippen LogP contribution in [0.4, 0.5) is 5.69 Å². The molecule has 1 N–H and O–H groups in total. The fourth-order valence-electron chi connectivity index (χ4n) is 4.77. The standard InChI is InChI=1S/C34H45N3O4S/c1-7-8-22-35-33(39)31(23-27-15-10-9-11-16-27)36(24-28-17-13-12-14-26(28)2)32(38)25-37(42(6,40)41)30-20-18-29(19-21-30)34(3,4)5/h9-21,31H,7-8,22-25H2,1-6H3,(H,35,39)/t31-/m1/s1. The first-order valence-corrected chi connectivity index (χ1v) is 16.4. The maximum Gasteiger partial charge on any atom is 0.244 e. The molecule has 42 heavy (non-hydrogen) atoms. The molecule has 3 aromatic rings. The number of anilines is 1. The molecule has 1 atom stereocenters. The molecule has 8 heteroatoms. The van der Waals surface area contributed by atoms with E-state index >= 15 is 0 Å². The molecule has 7 nitrogen and oxygen atoms in total. The van der Waals surface area contributed by atoms with E-state index in [0.29, 0.717) is 18.7 Å². The van der Waals surface area contributed by atoms with Crippen LogP contribution in [0.1, 0.15) is 62.8 Å². The van der Waals surface area contributed by atoms with Crippen molar-refractivity contribution in [3.05, 3.63) is 101 Å². The lowest BCUT2D eigenvalue weighted by molar-refractivity contribution is -0.140. The van der Waals surface area contributed by atoms with Crippen LogP contribution in [0.15, 0.2) is 78.9 Å². The van der Waals surface area contributed by atoms with E-state index < -0.39 is 28.5 Å². The third-order valence-corrected chi connectivity index (χ3v) is 8.54. The highest BCUT2D eigenvalue weighted by molar-refractivity contribution is 7.92. The molecule has 0 unspecified atom stereocenters. The maximum absolute atomic E-state index is 14.2. The van der Waals surface area contributed by atoms with Gasteiger partial charge in [-0.3, -0.25) is 13.9 Å². The minimum Gasteiger partial charge on any atom is -0.354 e. The second-order valence-corrected chi connectivity index (χ2v) is 13.8. The van der Waals surface area contributed by atoms with Crippen molar-refractivity contribution < 1.29 is 18.0 Å². The Balaban J connectivity index is 2.04. The number of unbranched alkanes of at least 4 members (excludes halogenated alkanes) is 1. The van der Waals surface area contributed by atoms with Crippen LogP contribution >= 0.6 is 0 Å². The highest BCUT2D eigenvalue weighted by Crippen LogP contribution is 2.26. The van der Waals surface area contributed by atoms with Crippen LogP contribution < -0.4 is 9.62 Å². The Kier molecular flexibility index (Phi) is 11.3. The second kappa shape index (κ2) is 14.5. The summed E-state index contributed by atoms with van der Waals surface area (Å²) >= 11 is 0. The largest absolute Gasteiger partial charge is 0.354 e. The molecule has 0 aliphatic carbocycles. The zero-order valence-corrected chi connectivity index (χ0v) is 26.6. The van der Waals surface area contributed by atoms with Crippen molar-refractivity contribution in [1.82, 2.24) is 10.2 Å². The zero-order valence-electron chi connectivity index (χ0n) is 25.8. The molecule has 226 valence electrons. The van der Waals surface area contributed by atoms with Crippen LogP contribution in [-0.4, -0.2) is 50.5 Å². The van der Waals surface area contributed by atoms with Gasteiger partial charge in [0.25, 0.3) is 0 Å². The van der Waals surface area contributed by atoms with Gasteiger partial charge in [0.15, 0.2) is 0 Å². The molecule has 0 aromatic heterocycles. The minimum absolute atomic E-state index is 0.107. The van der Waals surface area contributed by atoms with E-state index in [0.717, 1.165) is 45.7 Å². The number of hydrogen-bond acceptors (Lipinski definition) is 4. The summed E-state index contributed by atoms with van der Waals surface area (Å²) in [4.78, 5) is 29.5. The predicted octanol–water partition coefficient (Wildman–Crippen LogP) is 5.61. The summed E-state index contributed by atoms with van der Waals surface area (Å²) in [5.41, 5.74) is 4.14. The lowest BCUT2D eigenvalue weighted by Gasteiger charge is -2.34. The van der Waals surface area contributed by atoms with Gasteiger partial charge in [-0.2, -0.15) is 0 Å². The summed E-state index contributed by atoms with van der Waals surface area (Å²) in [6.45, 7) is 10.5. The Morgan fingerprint density at radius 3 is 2.10 bits per heavy atom. The molecule has 3 rings (SSSR count). The van der Waals surface area contributed by atoms with Crippen molar-refractivity contribution in [2.45, 2.75) is 71.9 Å². The second-order valence-electron chi connectivity index (χ2n) is 11.9. The first-order chi connectivity index (χ1) is 19.8. The SMILES string of the molecule is CCCCNC(=O)[C@@H](Cc1ccccc1)N(Cc1ccccc1C)C(=O)CN(c1ccc(C(C)(C)C)cc1)S(C)(=O)=O. The van der Waals surface area contributed by atoms with Crippen LogP contribution in [0.2, 0.25) is 0 Å². The van der Waals surface area contributed by atoms with Gasteiger partial charge in [0.2, 0.25) is 21.8 Å². The monoisotopic (exact) mass is 591 g/mol. The van der Waals surface area contributed by atoms with Gasteiger partial charge < -0.3 is 10.2 Å². The number of hydrogen-bond donors (Lipinski definition) is 1. The zero-order chi connectivity index (χ0) is 30.9. The first kappa shape index (κ1) is 32.9. The molecule has 0 spiro atoms. The number of nitrogens with one attached hydrogen (secondary N) is 1. The molecule has 0 heterocycles. The van der Waals surface area contributed by atoms with Crippen LogP contribution in [0.25, 0.3) is 0 Å². The number of carbonyl (C=O) groups excluding carboxylic acids is 2. The lowest BCUT2D eigenvalue weighted by Crippen LogP contribution is -2.53.